The van der Waals surface area contributed by atoms with Gasteiger partial charge in [-0.05, 0) is 32.4 Å². The lowest BCUT2D eigenvalue weighted by Gasteiger charge is -2.21. The number of hydrogen-bond donors (Lipinski definition) is 0. The number of esters is 1. The first-order chi connectivity index (χ1) is 9.34. The maximum atomic E-state index is 11.2. The Morgan fingerprint density at radius 1 is 1.45 bits per heavy atom. The van der Waals surface area contributed by atoms with Crippen LogP contribution in [0, 0.1) is 0 Å². The van der Waals surface area contributed by atoms with E-state index in [1.54, 1.807) is 7.11 Å². The highest BCUT2D eigenvalue weighted by Gasteiger charge is 2.52. The molecule has 0 saturated carbocycles. The number of methoxy groups -OCH3 is 1. The van der Waals surface area contributed by atoms with Gasteiger partial charge in [0.15, 0.2) is 5.79 Å². The highest BCUT2D eigenvalue weighted by molar-refractivity contribution is 5.66. The molecule has 4 atom stereocenters. The van der Waals surface area contributed by atoms with Crippen LogP contribution in [0.4, 0.5) is 0 Å². The van der Waals surface area contributed by atoms with E-state index in [1.807, 2.05) is 26.8 Å². The molecule has 0 radical (unpaired) electrons. The quantitative estimate of drug-likeness (QED) is 0.432. The Hall–Kier alpha value is -0.950. The van der Waals surface area contributed by atoms with E-state index < -0.39 is 11.9 Å². The maximum Gasteiger partial charge on any atom is 0.303 e. The van der Waals surface area contributed by atoms with Crippen molar-refractivity contribution in [2.24, 2.45) is 0 Å². The highest BCUT2D eigenvalue weighted by Crippen LogP contribution is 2.41. The maximum absolute atomic E-state index is 11.2. The fourth-order valence-electron chi connectivity index (χ4n) is 2.59. The standard InChI is InChI=1S/C14H22O6/c1-8(17-7-16-5)10-6-11(18-9(2)15)13-12(10)19-14(3,4)20-13/h6,8,11-13H,7H2,1-5H3/t8-,11+,12-,13+/m1/s1. The number of carbonyl (C=O) groups is 1. The van der Waals surface area contributed by atoms with Crippen LogP contribution in [0.15, 0.2) is 11.6 Å². The van der Waals surface area contributed by atoms with E-state index in [0.29, 0.717) is 0 Å². The third-order valence-electron chi connectivity index (χ3n) is 3.35. The summed E-state index contributed by atoms with van der Waals surface area (Å²) < 4.78 is 27.5. The molecule has 2 rings (SSSR count). The first kappa shape index (κ1) is 15.4. The number of carbonyl (C=O) groups excluding carboxylic acids is 1. The predicted octanol–water partition coefficient (Wildman–Crippen LogP) is 1.39. The minimum absolute atomic E-state index is 0.193. The van der Waals surface area contributed by atoms with E-state index in [1.165, 1.54) is 6.92 Å². The molecule has 0 amide bonds. The minimum atomic E-state index is -0.700. The normalized spacial score (nSPS) is 32.6. The summed E-state index contributed by atoms with van der Waals surface area (Å²) in [6.45, 7) is 7.17. The van der Waals surface area contributed by atoms with E-state index in [-0.39, 0.29) is 31.1 Å². The molecular weight excluding hydrogens is 264 g/mol. The van der Waals surface area contributed by atoms with Gasteiger partial charge in [-0.15, -0.1) is 0 Å². The van der Waals surface area contributed by atoms with Gasteiger partial charge in [-0.3, -0.25) is 4.79 Å². The van der Waals surface area contributed by atoms with Crippen LogP contribution < -0.4 is 0 Å². The highest BCUT2D eigenvalue weighted by atomic mass is 16.8. The molecule has 0 N–H and O–H groups in total. The minimum Gasteiger partial charge on any atom is -0.455 e. The lowest BCUT2D eigenvalue weighted by Crippen LogP contribution is -2.33. The lowest BCUT2D eigenvalue weighted by atomic mass is 10.1. The molecular formula is C14H22O6. The van der Waals surface area contributed by atoms with Crippen LogP contribution in [0.1, 0.15) is 27.7 Å². The Labute approximate surface area is 119 Å². The molecule has 0 unspecified atom stereocenters. The van der Waals surface area contributed by atoms with Gasteiger partial charge in [0, 0.05) is 14.0 Å². The summed E-state index contributed by atoms with van der Waals surface area (Å²) >= 11 is 0. The summed E-state index contributed by atoms with van der Waals surface area (Å²) in [6.07, 6.45) is 0.633. The Kier molecular flexibility index (Phi) is 4.49. The van der Waals surface area contributed by atoms with Crippen molar-refractivity contribution >= 4 is 5.97 Å². The van der Waals surface area contributed by atoms with E-state index in [0.717, 1.165) is 5.57 Å². The zero-order chi connectivity index (χ0) is 14.9. The van der Waals surface area contributed by atoms with E-state index in [9.17, 15) is 4.79 Å². The van der Waals surface area contributed by atoms with Gasteiger partial charge in [-0.25, -0.2) is 0 Å². The van der Waals surface area contributed by atoms with E-state index in [4.69, 9.17) is 23.7 Å². The Morgan fingerprint density at radius 2 is 2.15 bits per heavy atom. The molecule has 2 aliphatic rings. The Bertz CT molecular complexity index is 402. The number of rotatable bonds is 5. The number of ether oxygens (including phenoxy) is 5. The van der Waals surface area contributed by atoms with Crippen LogP contribution in [-0.4, -0.2) is 50.1 Å². The summed E-state index contributed by atoms with van der Waals surface area (Å²) in [6, 6.07) is 0. The fourth-order valence-corrected chi connectivity index (χ4v) is 2.59. The molecule has 0 spiro atoms. The second kappa shape index (κ2) is 5.81. The molecule has 114 valence electrons. The third kappa shape index (κ3) is 3.20. The average Bonchev–Trinajstić information content (AvgIpc) is 2.80. The Morgan fingerprint density at radius 3 is 2.75 bits per heavy atom. The Balaban J connectivity index is 2.15. The van der Waals surface area contributed by atoms with E-state index >= 15 is 0 Å². The molecule has 0 aromatic carbocycles. The van der Waals surface area contributed by atoms with Crippen molar-refractivity contribution in [1.29, 1.82) is 0 Å². The summed E-state index contributed by atoms with van der Waals surface area (Å²) in [5.74, 6) is -1.04. The van der Waals surface area contributed by atoms with Gasteiger partial charge >= 0.3 is 5.97 Å². The third-order valence-corrected chi connectivity index (χ3v) is 3.35. The van der Waals surface area contributed by atoms with Gasteiger partial charge in [0.25, 0.3) is 0 Å². The molecule has 1 fully saturated rings. The number of hydrogen-bond acceptors (Lipinski definition) is 6. The topological polar surface area (TPSA) is 63.2 Å². The molecule has 0 aromatic heterocycles. The molecule has 6 nitrogen and oxygen atoms in total. The van der Waals surface area contributed by atoms with Crippen molar-refractivity contribution < 1.29 is 28.5 Å². The van der Waals surface area contributed by atoms with Crippen LogP contribution in [0.2, 0.25) is 0 Å². The monoisotopic (exact) mass is 286 g/mol. The van der Waals surface area contributed by atoms with E-state index in [2.05, 4.69) is 0 Å². The van der Waals surface area contributed by atoms with Crippen LogP contribution in [-0.2, 0) is 28.5 Å². The summed E-state index contributed by atoms with van der Waals surface area (Å²) in [5.41, 5.74) is 0.920. The second-order valence-electron chi connectivity index (χ2n) is 5.48. The average molecular weight is 286 g/mol. The van der Waals surface area contributed by atoms with Crippen LogP contribution in [0.3, 0.4) is 0 Å². The lowest BCUT2D eigenvalue weighted by molar-refractivity contribution is -0.166. The zero-order valence-electron chi connectivity index (χ0n) is 12.5. The van der Waals surface area contributed by atoms with Crippen LogP contribution >= 0.6 is 0 Å². The zero-order valence-corrected chi connectivity index (χ0v) is 12.5. The molecule has 6 heteroatoms. The van der Waals surface area contributed by atoms with Gasteiger partial charge in [-0.1, -0.05) is 0 Å². The van der Waals surface area contributed by atoms with Crippen molar-refractivity contribution in [2.75, 3.05) is 13.9 Å². The predicted molar refractivity (Wildman–Crippen MR) is 69.9 cm³/mol. The smallest absolute Gasteiger partial charge is 0.303 e. The van der Waals surface area contributed by atoms with Crippen LogP contribution in [0.5, 0.6) is 0 Å². The van der Waals surface area contributed by atoms with Gasteiger partial charge < -0.3 is 23.7 Å². The summed E-state index contributed by atoms with van der Waals surface area (Å²) in [4.78, 5) is 11.2. The van der Waals surface area contributed by atoms with Crippen LogP contribution in [0.25, 0.3) is 0 Å². The first-order valence-corrected chi connectivity index (χ1v) is 6.69. The van der Waals surface area contributed by atoms with Crippen molar-refractivity contribution in [3.05, 3.63) is 11.6 Å². The molecule has 1 aliphatic heterocycles. The molecule has 0 aromatic rings. The summed E-state index contributed by atoms with van der Waals surface area (Å²) in [7, 11) is 1.57. The van der Waals surface area contributed by atoms with Crippen molar-refractivity contribution in [3.63, 3.8) is 0 Å². The van der Waals surface area contributed by atoms with Crippen molar-refractivity contribution in [2.45, 2.75) is 57.9 Å². The van der Waals surface area contributed by atoms with Gasteiger partial charge in [-0.2, -0.15) is 0 Å². The summed E-state index contributed by atoms with van der Waals surface area (Å²) in [5, 5.41) is 0. The fraction of sp³-hybridized carbons (Fsp3) is 0.786. The SMILES string of the molecule is COCO[C@H](C)C1=C[C@H](OC(C)=O)[C@@H]2OC(C)(C)O[C@H]12. The molecule has 1 saturated heterocycles. The van der Waals surface area contributed by atoms with Gasteiger partial charge in [0.05, 0.1) is 6.10 Å². The van der Waals surface area contributed by atoms with Gasteiger partial charge in [0.1, 0.15) is 25.1 Å². The molecule has 1 heterocycles. The van der Waals surface area contributed by atoms with Gasteiger partial charge in [0.2, 0.25) is 0 Å². The van der Waals surface area contributed by atoms with Crippen molar-refractivity contribution in [3.8, 4) is 0 Å². The molecule has 0 bridgehead atoms. The van der Waals surface area contributed by atoms with Crippen molar-refractivity contribution in [1.82, 2.24) is 0 Å². The first-order valence-electron chi connectivity index (χ1n) is 6.69. The second-order valence-corrected chi connectivity index (χ2v) is 5.48. The largest absolute Gasteiger partial charge is 0.455 e. The number of fused-ring (bicyclic) bond motifs is 1. The molecule has 1 aliphatic carbocycles. The molecule has 20 heavy (non-hydrogen) atoms.